The molecule has 1 aliphatic heterocycles. The van der Waals surface area contributed by atoms with Gasteiger partial charge in [-0.05, 0) is 62.5 Å². The van der Waals surface area contributed by atoms with E-state index in [0.29, 0.717) is 0 Å². The second-order valence-corrected chi connectivity index (χ2v) is 8.89. The molecule has 0 bridgehead atoms. The fourth-order valence-corrected chi connectivity index (χ4v) is 5.56. The van der Waals surface area contributed by atoms with Crippen LogP contribution in [0, 0.1) is 11.8 Å². The van der Waals surface area contributed by atoms with E-state index >= 15 is 0 Å². The predicted molar refractivity (Wildman–Crippen MR) is 102 cm³/mol. The number of nitrogens with one attached hydrogen (secondary N) is 1. The summed E-state index contributed by atoms with van der Waals surface area (Å²) in [7, 11) is 0. The Kier molecular flexibility index (Phi) is 6.34. The van der Waals surface area contributed by atoms with Crippen LogP contribution in [0.1, 0.15) is 66.8 Å². The maximum atomic E-state index is 12.5. The summed E-state index contributed by atoms with van der Waals surface area (Å²) in [5.74, 6) is 1.77. The number of rotatable bonds is 5. The zero-order chi connectivity index (χ0) is 16.9. The van der Waals surface area contributed by atoms with Gasteiger partial charge in [-0.2, -0.15) is 0 Å². The van der Waals surface area contributed by atoms with Crippen molar-refractivity contribution in [1.82, 2.24) is 10.2 Å². The first-order valence-corrected chi connectivity index (χ1v) is 10.6. The summed E-state index contributed by atoms with van der Waals surface area (Å²) in [6.07, 6.45) is 8.48. The molecule has 0 saturated carbocycles. The van der Waals surface area contributed by atoms with Crippen molar-refractivity contribution in [2.75, 3.05) is 26.2 Å². The normalized spacial score (nSPS) is 25.1. The number of aryl methyl sites for hydroxylation is 1. The van der Waals surface area contributed by atoms with Crippen LogP contribution in [-0.4, -0.2) is 37.0 Å². The van der Waals surface area contributed by atoms with E-state index in [0.717, 1.165) is 43.3 Å². The summed E-state index contributed by atoms with van der Waals surface area (Å²) in [4.78, 5) is 16.6. The van der Waals surface area contributed by atoms with Crippen molar-refractivity contribution in [1.29, 1.82) is 0 Å². The van der Waals surface area contributed by atoms with E-state index in [1.54, 1.807) is 11.3 Å². The number of piperidine rings is 1. The van der Waals surface area contributed by atoms with Crippen LogP contribution < -0.4 is 5.32 Å². The maximum Gasteiger partial charge on any atom is 0.252 e. The minimum absolute atomic E-state index is 0.148. The zero-order valence-electron chi connectivity index (χ0n) is 15.3. The summed E-state index contributed by atoms with van der Waals surface area (Å²) in [5, 5.41) is 5.24. The van der Waals surface area contributed by atoms with E-state index in [1.165, 1.54) is 55.6 Å². The molecule has 134 valence electrons. The van der Waals surface area contributed by atoms with Gasteiger partial charge in [0.1, 0.15) is 0 Å². The van der Waals surface area contributed by atoms with Gasteiger partial charge in [-0.1, -0.05) is 20.3 Å². The van der Waals surface area contributed by atoms with Crippen molar-refractivity contribution in [3.05, 3.63) is 21.4 Å². The number of amides is 1. The predicted octanol–water partition coefficient (Wildman–Crippen LogP) is 4.11. The van der Waals surface area contributed by atoms with Gasteiger partial charge in [0, 0.05) is 29.9 Å². The lowest BCUT2D eigenvalue weighted by atomic mass is 9.92. The van der Waals surface area contributed by atoms with E-state index in [4.69, 9.17) is 0 Å². The van der Waals surface area contributed by atoms with Gasteiger partial charge in [0.05, 0.1) is 5.56 Å². The number of likely N-dealkylation sites (tertiary alicyclic amines) is 1. The summed E-state index contributed by atoms with van der Waals surface area (Å²) >= 11 is 1.79. The molecule has 1 amide bonds. The summed E-state index contributed by atoms with van der Waals surface area (Å²) in [6.45, 7) is 9.05. The van der Waals surface area contributed by atoms with Crippen LogP contribution in [0.5, 0.6) is 0 Å². The monoisotopic (exact) mass is 348 g/mol. The van der Waals surface area contributed by atoms with Gasteiger partial charge in [-0.25, -0.2) is 0 Å². The molecule has 3 rings (SSSR count). The molecule has 1 fully saturated rings. The molecule has 1 aromatic rings. The van der Waals surface area contributed by atoms with Crippen molar-refractivity contribution in [3.8, 4) is 0 Å². The Hall–Kier alpha value is -0.870. The minimum atomic E-state index is 0.148. The molecule has 2 aliphatic rings. The third-order valence-electron chi connectivity index (χ3n) is 5.44. The molecule has 1 aliphatic carbocycles. The number of hydrogen-bond acceptors (Lipinski definition) is 3. The lowest BCUT2D eigenvalue weighted by Crippen LogP contribution is -2.40. The lowest BCUT2D eigenvalue weighted by Gasteiger charge is -2.34. The molecule has 0 radical (unpaired) electrons. The molecule has 2 heterocycles. The van der Waals surface area contributed by atoms with E-state index in [9.17, 15) is 4.79 Å². The van der Waals surface area contributed by atoms with Crippen molar-refractivity contribution < 1.29 is 4.79 Å². The molecule has 0 unspecified atom stereocenters. The molecule has 3 nitrogen and oxygen atoms in total. The Morgan fingerprint density at radius 2 is 1.96 bits per heavy atom. The van der Waals surface area contributed by atoms with Gasteiger partial charge < -0.3 is 10.2 Å². The number of fused-ring (bicyclic) bond motifs is 1. The van der Waals surface area contributed by atoms with Gasteiger partial charge in [0.25, 0.3) is 5.91 Å². The van der Waals surface area contributed by atoms with Gasteiger partial charge >= 0.3 is 0 Å². The number of carbonyl (C=O) groups is 1. The average Bonchev–Trinajstić information content (AvgIpc) is 2.79. The highest BCUT2D eigenvalue weighted by Crippen LogP contribution is 2.29. The van der Waals surface area contributed by atoms with Gasteiger partial charge in [-0.15, -0.1) is 11.3 Å². The maximum absolute atomic E-state index is 12.5. The molecular formula is C20H32N2OS. The van der Waals surface area contributed by atoms with Gasteiger partial charge in [0.15, 0.2) is 0 Å². The quantitative estimate of drug-likeness (QED) is 0.641. The van der Waals surface area contributed by atoms with E-state index in [2.05, 4.69) is 29.4 Å². The summed E-state index contributed by atoms with van der Waals surface area (Å²) in [5.41, 5.74) is 2.30. The number of thiophene rings is 1. The Labute approximate surface area is 150 Å². The van der Waals surface area contributed by atoms with Crippen LogP contribution in [0.2, 0.25) is 0 Å². The van der Waals surface area contributed by atoms with Gasteiger partial charge in [0.2, 0.25) is 0 Å². The van der Waals surface area contributed by atoms with E-state index < -0.39 is 0 Å². The van der Waals surface area contributed by atoms with Crippen molar-refractivity contribution in [2.45, 2.75) is 58.8 Å². The SMILES string of the molecule is C[C@@H]1C[C@H](C)CN(CCCNC(=O)c2csc3c2CCCCC3)C1. The number of nitrogens with zero attached hydrogens (tertiary/aromatic N) is 1. The van der Waals surface area contributed by atoms with Crippen LogP contribution >= 0.6 is 11.3 Å². The zero-order valence-corrected chi connectivity index (χ0v) is 16.1. The lowest BCUT2D eigenvalue weighted by molar-refractivity contribution is 0.0947. The van der Waals surface area contributed by atoms with Crippen molar-refractivity contribution in [3.63, 3.8) is 0 Å². The van der Waals surface area contributed by atoms with Crippen molar-refractivity contribution >= 4 is 17.2 Å². The fourth-order valence-electron chi connectivity index (χ4n) is 4.44. The Morgan fingerprint density at radius 3 is 2.75 bits per heavy atom. The van der Waals surface area contributed by atoms with E-state index in [1.807, 2.05) is 0 Å². The number of hydrogen-bond donors (Lipinski definition) is 1. The summed E-state index contributed by atoms with van der Waals surface area (Å²) in [6, 6.07) is 0. The molecule has 4 heteroatoms. The highest BCUT2D eigenvalue weighted by Gasteiger charge is 2.22. The molecule has 2 atom stereocenters. The standard InChI is InChI=1S/C20H32N2OS/c1-15-11-16(2)13-22(12-15)10-6-9-21-20(23)18-14-24-19-8-5-3-4-7-17(18)19/h14-16H,3-13H2,1-2H3,(H,21,23)/t15-,16+. The first kappa shape index (κ1) is 17.9. The first-order chi connectivity index (χ1) is 11.6. The van der Waals surface area contributed by atoms with Crippen LogP contribution in [-0.2, 0) is 12.8 Å². The topological polar surface area (TPSA) is 32.3 Å². The third-order valence-corrected chi connectivity index (χ3v) is 6.53. The van der Waals surface area contributed by atoms with Crippen LogP contribution in [0.4, 0.5) is 0 Å². The first-order valence-electron chi connectivity index (χ1n) is 9.73. The van der Waals surface area contributed by atoms with Gasteiger partial charge in [-0.3, -0.25) is 4.79 Å². The largest absolute Gasteiger partial charge is 0.352 e. The minimum Gasteiger partial charge on any atom is -0.352 e. The molecule has 0 spiro atoms. The highest BCUT2D eigenvalue weighted by molar-refractivity contribution is 7.10. The molecule has 1 saturated heterocycles. The Bertz CT molecular complexity index is 544. The average molecular weight is 349 g/mol. The molecule has 1 N–H and O–H groups in total. The van der Waals surface area contributed by atoms with Crippen LogP contribution in [0.25, 0.3) is 0 Å². The van der Waals surface area contributed by atoms with E-state index in [-0.39, 0.29) is 5.91 Å². The molecular weight excluding hydrogens is 316 g/mol. The second kappa shape index (κ2) is 8.48. The van der Waals surface area contributed by atoms with Crippen molar-refractivity contribution in [2.24, 2.45) is 11.8 Å². The fraction of sp³-hybridized carbons (Fsp3) is 0.750. The molecule has 0 aromatic carbocycles. The number of carbonyl (C=O) groups excluding carboxylic acids is 1. The Balaban J connectivity index is 1.44. The molecule has 1 aromatic heterocycles. The molecule has 24 heavy (non-hydrogen) atoms. The third kappa shape index (κ3) is 4.60. The smallest absolute Gasteiger partial charge is 0.252 e. The second-order valence-electron chi connectivity index (χ2n) is 7.93. The van der Waals surface area contributed by atoms with Crippen LogP contribution in [0.3, 0.4) is 0 Å². The Morgan fingerprint density at radius 1 is 1.21 bits per heavy atom. The van der Waals surface area contributed by atoms with Crippen LogP contribution in [0.15, 0.2) is 5.38 Å². The summed E-state index contributed by atoms with van der Waals surface area (Å²) < 4.78 is 0. The highest BCUT2D eigenvalue weighted by atomic mass is 32.1.